The standard InChI is InChI=1S/C19H26N4O2S/c1-4-16-22-17-18(14-9-5-6-10-15(14)21-19(17)20)23(16)11-7-8-12-26(24,25)13(2)3/h5-6,9-10,13H,4,7-8,11-12H2,1-3H3,(H2,20,21). The summed E-state index contributed by atoms with van der Waals surface area (Å²) in [4.78, 5) is 9.16. The molecule has 2 N–H and O–H groups in total. The van der Waals surface area contributed by atoms with Crippen molar-refractivity contribution in [1.29, 1.82) is 0 Å². The second-order valence-corrected chi connectivity index (χ2v) is 9.54. The molecule has 26 heavy (non-hydrogen) atoms. The highest BCUT2D eigenvalue weighted by atomic mass is 32.2. The van der Waals surface area contributed by atoms with E-state index in [1.807, 2.05) is 24.3 Å². The number of aromatic nitrogens is 3. The number of anilines is 1. The van der Waals surface area contributed by atoms with Crippen LogP contribution < -0.4 is 5.73 Å². The molecule has 0 radical (unpaired) electrons. The predicted octanol–water partition coefficient (Wildman–Crippen LogP) is 3.33. The summed E-state index contributed by atoms with van der Waals surface area (Å²) in [7, 11) is -2.99. The number of rotatable bonds is 7. The Bertz CT molecular complexity index is 1040. The number of fused-ring (bicyclic) bond motifs is 3. The molecule has 0 aliphatic rings. The third kappa shape index (κ3) is 3.40. The van der Waals surface area contributed by atoms with Gasteiger partial charge in [-0.25, -0.2) is 18.4 Å². The Morgan fingerprint density at radius 1 is 1.15 bits per heavy atom. The van der Waals surface area contributed by atoms with E-state index in [1.54, 1.807) is 13.8 Å². The molecule has 6 nitrogen and oxygen atoms in total. The Kier molecular flexibility index (Phi) is 5.18. The zero-order valence-electron chi connectivity index (χ0n) is 15.6. The summed E-state index contributed by atoms with van der Waals surface area (Å²) in [6.07, 6.45) is 2.20. The van der Waals surface area contributed by atoms with Gasteiger partial charge in [0.25, 0.3) is 0 Å². The summed E-state index contributed by atoms with van der Waals surface area (Å²) in [6, 6.07) is 7.91. The van der Waals surface area contributed by atoms with Crippen LogP contribution in [0.5, 0.6) is 0 Å². The van der Waals surface area contributed by atoms with Crippen LogP contribution in [0.15, 0.2) is 24.3 Å². The normalized spacial score (nSPS) is 12.5. The number of benzene rings is 1. The highest BCUT2D eigenvalue weighted by Gasteiger charge is 2.18. The number of nitrogens with zero attached hydrogens (tertiary/aromatic N) is 3. The topological polar surface area (TPSA) is 90.9 Å². The van der Waals surface area contributed by atoms with E-state index in [0.717, 1.165) is 47.1 Å². The van der Waals surface area contributed by atoms with Crippen LogP contribution in [0.4, 0.5) is 5.82 Å². The van der Waals surface area contributed by atoms with Gasteiger partial charge in [-0.05, 0) is 32.8 Å². The zero-order valence-corrected chi connectivity index (χ0v) is 16.4. The van der Waals surface area contributed by atoms with E-state index >= 15 is 0 Å². The molecule has 0 saturated carbocycles. The van der Waals surface area contributed by atoms with Crippen molar-refractivity contribution in [2.75, 3.05) is 11.5 Å². The van der Waals surface area contributed by atoms with Crippen LogP contribution in [-0.2, 0) is 22.8 Å². The largest absolute Gasteiger partial charge is 0.382 e. The number of imidazole rings is 1. The number of aryl methyl sites for hydroxylation is 2. The molecule has 140 valence electrons. The molecule has 3 rings (SSSR count). The van der Waals surface area contributed by atoms with Crippen molar-refractivity contribution in [1.82, 2.24) is 14.5 Å². The SMILES string of the molecule is CCc1nc2c(N)nc3ccccc3c2n1CCCCS(=O)(=O)C(C)C. The molecule has 0 bridgehead atoms. The first-order valence-corrected chi connectivity index (χ1v) is 10.8. The van der Waals surface area contributed by atoms with Crippen LogP contribution in [0.25, 0.3) is 21.9 Å². The summed E-state index contributed by atoms with van der Waals surface area (Å²) in [5, 5.41) is 0.705. The highest BCUT2D eigenvalue weighted by Crippen LogP contribution is 2.29. The maximum absolute atomic E-state index is 12.0. The minimum Gasteiger partial charge on any atom is -0.382 e. The molecule has 0 saturated heterocycles. The van der Waals surface area contributed by atoms with E-state index < -0.39 is 9.84 Å². The molecule has 0 spiro atoms. The lowest BCUT2D eigenvalue weighted by Crippen LogP contribution is -2.18. The second kappa shape index (κ2) is 7.23. The van der Waals surface area contributed by atoms with Gasteiger partial charge in [-0.2, -0.15) is 0 Å². The molecule has 0 aliphatic carbocycles. The van der Waals surface area contributed by atoms with E-state index in [-0.39, 0.29) is 11.0 Å². The molecule has 0 unspecified atom stereocenters. The monoisotopic (exact) mass is 374 g/mol. The summed E-state index contributed by atoms with van der Waals surface area (Å²) in [5.74, 6) is 1.62. The van der Waals surface area contributed by atoms with Crippen molar-refractivity contribution in [3.05, 3.63) is 30.1 Å². The minimum atomic E-state index is -2.99. The van der Waals surface area contributed by atoms with E-state index in [0.29, 0.717) is 12.2 Å². The Labute approximate surface area is 154 Å². The van der Waals surface area contributed by atoms with Gasteiger partial charge in [0.05, 0.1) is 22.0 Å². The first-order valence-electron chi connectivity index (χ1n) is 9.10. The molecule has 3 aromatic rings. The van der Waals surface area contributed by atoms with Gasteiger partial charge >= 0.3 is 0 Å². The Morgan fingerprint density at radius 3 is 2.58 bits per heavy atom. The van der Waals surface area contributed by atoms with Crippen molar-refractivity contribution in [2.24, 2.45) is 0 Å². The van der Waals surface area contributed by atoms with Crippen LogP contribution in [0.3, 0.4) is 0 Å². The maximum atomic E-state index is 12.0. The van der Waals surface area contributed by atoms with E-state index in [4.69, 9.17) is 10.7 Å². The third-order valence-corrected chi connectivity index (χ3v) is 7.08. The Balaban J connectivity index is 1.94. The van der Waals surface area contributed by atoms with Gasteiger partial charge in [0.2, 0.25) is 0 Å². The number of unbranched alkanes of at least 4 members (excludes halogenated alkanes) is 1. The maximum Gasteiger partial charge on any atom is 0.152 e. The number of sulfone groups is 1. The van der Waals surface area contributed by atoms with Crippen molar-refractivity contribution >= 4 is 37.6 Å². The molecule has 2 heterocycles. The Morgan fingerprint density at radius 2 is 1.88 bits per heavy atom. The van der Waals surface area contributed by atoms with Crippen molar-refractivity contribution in [3.63, 3.8) is 0 Å². The molecular weight excluding hydrogens is 348 g/mol. The van der Waals surface area contributed by atoms with Gasteiger partial charge in [0, 0.05) is 18.4 Å². The molecule has 0 aliphatic heterocycles. The second-order valence-electron chi connectivity index (χ2n) is 6.87. The lowest BCUT2D eigenvalue weighted by atomic mass is 10.2. The predicted molar refractivity (Wildman–Crippen MR) is 107 cm³/mol. The highest BCUT2D eigenvalue weighted by molar-refractivity contribution is 7.91. The number of nitrogen functional groups attached to an aromatic ring is 1. The average molecular weight is 375 g/mol. The quantitative estimate of drug-likeness (QED) is 0.641. The fraction of sp³-hybridized carbons (Fsp3) is 0.474. The Hall–Kier alpha value is -2.15. The summed E-state index contributed by atoms with van der Waals surface area (Å²) in [6.45, 7) is 6.25. The van der Waals surface area contributed by atoms with Crippen LogP contribution >= 0.6 is 0 Å². The summed E-state index contributed by atoms with van der Waals surface area (Å²) in [5.41, 5.74) is 8.72. The van der Waals surface area contributed by atoms with Gasteiger partial charge < -0.3 is 10.3 Å². The van der Waals surface area contributed by atoms with Gasteiger partial charge in [-0.3, -0.25) is 0 Å². The van der Waals surface area contributed by atoms with E-state index in [2.05, 4.69) is 16.5 Å². The number of pyridine rings is 1. The van der Waals surface area contributed by atoms with Gasteiger partial charge in [-0.15, -0.1) is 0 Å². The number of para-hydroxylation sites is 1. The van der Waals surface area contributed by atoms with Gasteiger partial charge in [0.15, 0.2) is 15.7 Å². The van der Waals surface area contributed by atoms with Crippen LogP contribution in [0.1, 0.15) is 39.4 Å². The lowest BCUT2D eigenvalue weighted by Gasteiger charge is -2.11. The summed E-state index contributed by atoms with van der Waals surface area (Å²) < 4.78 is 26.2. The first-order chi connectivity index (χ1) is 12.3. The number of hydrogen-bond acceptors (Lipinski definition) is 5. The number of nitrogens with two attached hydrogens (primary N) is 1. The van der Waals surface area contributed by atoms with Crippen molar-refractivity contribution in [3.8, 4) is 0 Å². The average Bonchev–Trinajstić information content (AvgIpc) is 2.98. The minimum absolute atomic E-state index is 0.225. The molecular formula is C19H26N4O2S. The van der Waals surface area contributed by atoms with E-state index in [9.17, 15) is 8.42 Å². The fourth-order valence-electron chi connectivity index (χ4n) is 3.22. The molecule has 0 amide bonds. The molecule has 1 aromatic carbocycles. The first kappa shape index (κ1) is 18.6. The van der Waals surface area contributed by atoms with Gasteiger partial charge in [-0.1, -0.05) is 25.1 Å². The third-order valence-electron chi connectivity index (χ3n) is 4.78. The number of hydrogen-bond donors (Lipinski definition) is 1. The van der Waals surface area contributed by atoms with Crippen LogP contribution in [-0.4, -0.2) is 34.0 Å². The van der Waals surface area contributed by atoms with Gasteiger partial charge in [0.1, 0.15) is 11.3 Å². The molecule has 7 heteroatoms. The van der Waals surface area contributed by atoms with Crippen molar-refractivity contribution < 1.29 is 8.42 Å². The zero-order chi connectivity index (χ0) is 18.9. The fourth-order valence-corrected chi connectivity index (χ4v) is 4.30. The van der Waals surface area contributed by atoms with Crippen molar-refractivity contribution in [2.45, 2.75) is 51.8 Å². The molecule has 0 atom stereocenters. The van der Waals surface area contributed by atoms with E-state index in [1.165, 1.54) is 0 Å². The summed E-state index contributed by atoms with van der Waals surface area (Å²) >= 11 is 0. The lowest BCUT2D eigenvalue weighted by molar-refractivity contribution is 0.574. The molecule has 0 fully saturated rings. The van der Waals surface area contributed by atoms with Crippen LogP contribution in [0.2, 0.25) is 0 Å². The van der Waals surface area contributed by atoms with Crippen LogP contribution in [0, 0.1) is 0 Å². The smallest absolute Gasteiger partial charge is 0.152 e. The molecule has 2 aromatic heterocycles.